The lowest BCUT2D eigenvalue weighted by Gasteiger charge is -2.21. The summed E-state index contributed by atoms with van der Waals surface area (Å²) >= 11 is 0. The SMILES string of the molecule is CCN(CC)c1ccc(Nc2cc(-c3ccccc3)nc(NC(C)C)n2)cc1. The number of aromatic nitrogens is 2. The molecule has 0 unspecified atom stereocenters. The Balaban J connectivity index is 1.88. The summed E-state index contributed by atoms with van der Waals surface area (Å²) in [5.74, 6) is 1.39. The van der Waals surface area contributed by atoms with Gasteiger partial charge in [-0.2, -0.15) is 4.98 Å². The first-order valence-corrected chi connectivity index (χ1v) is 9.92. The van der Waals surface area contributed by atoms with E-state index in [2.05, 4.69) is 89.6 Å². The number of benzene rings is 2. The fourth-order valence-electron chi connectivity index (χ4n) is 3.08. The van der Waals surface area contributed by atoms with Gasteiger partial charge in [0.1, 0.15) is 5.82 Å². The van der Waals surface area contributed by atoms with Crippen LogP contribution in [0.5, 0.6) is 0 Å². The first-order chi connectivity index (χ1) is 13.6. The second-order valence-electron chi connectivity index (χ2n) is 6.97. The maximum atomic E-state index is 4.68. The van der Waals surface area contributed by atoms with Gasteiger partial charge >= 0.3 is 0 Å². The summed E-state index contributed by atoms with van der Waals surface area (Å²) in [5, 5.41) is 6.73. The van der Waals surface area contributed by atoms with Crippen molar-refractivity contribution in [2.24, 2.45) is 0 Å². The summed E-state index contributed by atoms with van der Waals surface area (Å²) in [4.78, 5) is 11.6. The van der Waals surface area contributed by atoms with Crippen LogP contribution in [0.4, 0.5) is 23.1 Å². The Bertz CT molecular complexity index is 871. The average molecular weight is 376 g/mol. The molecule has 5 heteroatoms. The van der Waals surface area contributed by atoms with Gasteiger partial charge in [-0.3, -0.25) is 0 Å². The molecule has 0 saturated heterocycles. The second-order valence-corrected chi connectivity index (χ2v) is 6.97. The molecular formula is C23H29N5. The Morgan fingerprint density at radius 2 is 1.57 bits per heavy atom. The molecule has 0 bridgehead atoms. The Morgan fingerprint density at radius 3 is 2.18 bits per heavy atom. The van der Waals surface area contributed by atoms with Crippen LogP contribution in [0.1, 0.15) is 27.7 Å². The number of rotatable bonds is 8. The van der Waals surface area contributed by atoms with Crippen LogP contribution < -0.4 is 15.5 Å². The third-order valence-corrected chi connectivity index (χ3v) is 4.48. The minimum Gasteiger partial charge on any atom is -0.372 e. The molecule has 0 radical (unpaired) electrons. The van der Waals surface area contributed by atoms with E-state index >= 15 is 0 Å². The maximum absolute atomic E-state index is 4.68. The van der Waals surface area contributed by atoms with Crippen LogP contribution in [0.2, 0.25) is 0 Å². The molecule has 5 nitrogen and oxygen atoms in total. The molecule has 0 amide bonds. The molecule has 3 aromatic rings. The largest absolute Gasteiger partial charge is 0.372 e. The first kappa shape index (κ1) is 19.7. The van der Waals surface area contributed by atoms with Crippen LogP contribution in [0.15, 0.2) is 60.7 Å². The van der Waals surface area contributed by atoms with E-state index in [4.69, 9.17) is 0 Å². The van der Waals surface area contributed by atoms with Gasteiger partial charge in [0.2, 0.25) is 5.95 Å². The Morgan fingerprint density at radius 1 is 0.893 bits per heavy atom. The van der Waals surface area contributed by atoms with E-state index in [0.29, 0.717) is 5.95 Å². The van der Waals surface area contributed by atoms with Crippen molar-refractivity contribution in [2.75, 3.05) is 28.6 Å². The number of anilines is 4. The molecule has 146 valence electrons. The van der Waals surface area contributed by atoms with E-state index in [0.717, 1.165) is 35.9 Å². The van der Waals surface area contributed by atoms with Crippen LogP contribution in [0, 0.1) is 0 Å². The van der Waals surface area contributed by atoms with E-state index in [1.165, 1.54) is 5.69 Å². The van der Waals surface area contributed by atoms with Crippen molar-refractivity contribution in [1.29, 1.82) is 0 Å². The minimum atomic E-state index is 0.257. The average Bonchev–Trinajstić information content (AvgIpc) is 2.70. The zero-order valence-electron chi connectivity index (χ0n) is 17.1. The maximum Gasteiger partial charge on any atom is 0.225 e. The van der Waals surface area contributed by atoms with Crippen LogP contribution in [0.25, 0.3) is 11.3 Å². The zero-order chi connectivity index (χ0) is 19.9. The molecule has 2 N–H and O–H groups in total. The van der Waals surface area contributed by atoms with Gasteiger partial charge in [-0.05, 0) is 52.0 Å². The molecule has 28 heavy (non-hydrogen) atoms. The van der Waals surface area contributed by atoms with Gasteiger partial charge < -0.3 is 15.5 Å². The lowest BCUT2D eigenvalue weighted by atomic mass is 10.1. The van der Waals surface area contributed by atoms with Crippen molar-refractivity contribution >= 4 is 23.1 Å². The highest BCUT2D eigenvalue weighted by Gasteiger charge is 2.09. The molecule has 0 aliphatic heterocycles. The summed E-state index contributed by atoms with van der Waals surface area (Å²) < 4.78 is 0. The molecule has 0 fully saturated rings. The van der Waals surface area contributed by atoms with Crippen molar-refractivity contribution in [3.63, 3.8) is 0 Å². The predicted molar refractivity (Wildman–Crippen MR) is 120 cm³/mol. The summed E-state index contributed by atoms with van der Waals surface area (Å²) in [6, 6.07) is 20.9. The van der Waals surface area contributed by atoms with Crippen LogP contribution in [-0.2, 0) is 0 Å². The summed E-state index contributed by atoms with van der Waals surface area (Å²) in [5.41, 5.74) is 4.19. The van der Waals surface area contributed by atoms with Crippen LogP contribution in [0.3, 0.4) is 0 Å². The van der Waals surface area contributed by atoms with Crippen molar-refractivity contribution in [3.05, 3.63) is 60.7 Å². The number of hydrogen-bond donors (Lipinski definition) is 2. The minimum absolute atomic E-state index is 0.257. The van der Waals surface area contributed by atoms with Crippen LogP contribution in [-0.4, -0.2) is 29.1 Å². The molecule has 1 heterocycles. The number of nitrogens with zero attached hydrogens (tertiary/aromatic N) is 3. The van der Waals surface area contributed by atoms with Gasteiger partial charge in [0.05, 0.1) is 5.69 Å². The van der Waals surface area contributed by atoms with Gasteiger partial charge in [-0.25, -0.2) is 4.98 Å². The third-order valence-electron chi connectivity index (χ3n) is 4.48. The van der Waals surface area contributed by atoms with E-state index in [9.17, 15) is 0 Å². The summed E-state index contributed by atoms with van der Waals surface area (Å²) in [6.07, 6.45) is 0. The van der Waals surface area contributed by atoms with E-state index in [1.807, 2.05) is 24.3 Å². The quantitative estimate of drug-likeness (QED) is 0.540. The first-order valence-electron chi connectivity index (χ1n) is 9.92. The van der Waals surface area contributed by atoms with E-state index in [-0.39, 0.29) is 6.04 Å². The van der Waals surface area contributed by atoms with E-state index in [1.54, 1.807) is 0 Å². The highest BCUT2D eigenvalue weighted by molar-refractivity contribution is 5.68. The van der Waals surface area contributed by atoms with E-state index < -0.39 is 0 Å². The molecule has 0 atom stereocenters. The van der Waals surface area contributed by atoms with Gasteiger partial charge in [0.25, 0.3) is 0 Å². The number of nitrogens with one attached hydrogen (secondary N) is 2. The Hall–Kier alpha value is -3.08. The fraction of sp³-hybridized carbons (Fsp3) is 0.304. The lowest BCUT2D eigenvalue weighted by Crippen LogP contribution is -2.21. The topological polar surface area (TPSA) is 53.1 Å². The van der Waals surface area contributed by atoms with Gasteiger partial charge in [-0.15, -0.1) is 0 Å². The fourth-order valence-corrected chi connectivity index (χ4v) is 3.08. The van der Waals surface area contributed by atoms with Gasteiger partial charge in [0.15, 0.2) is 0 Å². The summed E-state index contributed by atoms with van der Waals surface area (Å²) in [7, 11) is 0. The normalized spacial score (nSPS) is 10.8. The van der Waals surface area contributed by atoms with Crippen molar-refractivity contribution < 1.29 is 0 Å². The van der Waals surface area contributed by atoms with Gasteiger partial charge in [0, 0.05) is 42.1 Å². The molecule has 1 aromatic heterocycles. The molecule has 2 aromatic carbocycles. The second kappa shape index (κ2) is 9.22. The summed E-state index contributed by atoms with van der Waals surface area (Å²) in [6.45, 7) is 10.5. The molecule has 0 spiro atoms. The highest BCUT2D eigenvalue weighted by atomic mass is 15.2. The van der Waals surface area contributed by atoms with Gasteiger partial charge in [-0.1, -0.05) is 30.3 Å². The predicted octanol–water partition coefficient (Wildman–Crippen LogP) is 5.55. The van der Waals surface area contributed by atoms with Crippen LogP contribution >= 0.6 is 0 Å². The Labute approximate surface area is 167 Å². The smallest absolute Gasteiger partial charge is 0.225 e. The van der Waals surface area contributed by atoms with Crippen molar-refractivity contribution in [1.82, 2.24) is 9.97 Å². The third kappa shape index (κ3) is 5.00. The van der Waals surface area contributed by atoms with Crippen molar-refractivity contribution in [3.8, 4) is 11.3 Å². The standard InChI is InChI=1S/C23H29N5/c1-5-28(6-2)20-14-12-19(13-15-20)25-22-16-21(18-10-8-7-9-11-18)26-23(27-22)24-17(3)4/h7-17H,5-6H2,1-4H3,(H2,24,25,26,27). The van der Waals surface area contributed by atoms with Crippen molar-refractivity contribution in [2.45, 2.75) is 33.7 Å². The number of hydrogen-bond acceptors (Lipinski definition) is 5. The molecule has 0 saturated carbocycles. The monoisotopic (exact) mass is 375 g/mol. The highest BCUT2D eigenvalue weighted by Crippen LogP contribution is 2.25. The zero-order valence-corrected chi connectivity index (χ0v) is 17.1. The molecule has 3 rings (SSSR count). The molecular weight excluding hydrogens is 346 g/mol. The molecule has 0 aliphatic carbocycles. The molecule has 0 aliphatic rings. The Kier molecular flexibility index (Phi) is 6.48. The lowest BCUT2D eigenvalue weighted by molar-refractivity contribution is 0.866.